The zero-order chi connectivity index (χ0) is 8.81. The molecule has 0 fully saturated rings. The van der Waals surface area contributed by atoms with Crippen LogP contribution in [0.4, 0.5) is 0 Å². The lowest BCUT2D eigenvalue weighted by molar-refractivity contribution is 0.285. The second-order valence-electron chi connectivity index (χ2n) is 2.30. The maximum absolute atomic E-state index is 8.75. The zero-order valence-corrected chi connectivity index (χ0v) is 7.55. The number of aromatic nitrogens is 1. The highest BCUT2D eigenvalue weighted by Gasteiger charge is 1.95. The van der Waals surface area contributed by atoms with Crippen molar-refractivity contribution < 1.29 is 5.11 Å². The first-order valence-electron chi connectivity index (χ1n) is 3.79. The van der Waals surface area contributed by atoms with E-state index in [4.69, 9.17) is 10.8 Å². The maximum atomic E-state index is 8.75. The molecule has 0 aliphatic heterocycles. The van der Waals surface area contributed by atoms with E-state index in [9.17, 15) is 0 Å². The highest BCUT2D eigenvalue weighted by molar-refractivity contribution is 7.12. The summed E-state index contributed by atoms with van der Waals surface area (Å²) in [6.45, 7) is 0.733. The molecule has 1 rings (SSSR count). The molecule has 3 nitrogen and oxygen atoms in total. The molecule has 0 unspecified atom stereocenters. The summed E-state index contributed by atoms with van der Waals surface area (Å²) in [6.07, 6.45) is 6.47. The third-order valence-electron chi connectivity index (χ3n) is 1.32. The number of aliphatic hydroxyl groups is 1. The SMILES string of the molecule is NCCC=Cc1ncc(CO)s1. The Labute approximate surface area is 75.6 Å². The summed E-state index contributed by atoms with van der Waals surface area (Å²) in [5.74, 6) is 0. The fourth-order valence-electron chi connectivity index (χ4n) is 0.753. The van der Waals surface area contributed by atoms with Crippen molar-refractivity contribution in [3.05, 3.63) is 22.2 Å². The van der Waals surface area contributed by atoms with Crippen molar-refractivity contribution in [1.82, 2.24) is 4.98 Å². The van der Waals surface area contributed by atoms with Crippen molar-refractivity contribution in [2.75, 3.05) is 6.54 Å². The van der Waals surface area contributed by atoms with Gasteiger partial charge in [-0.05, 0) is 19.0 Å². The molecule has 12 heavy (non-hydrogen) atoms. The molecule has 0 radical (unpaired) electrons. The summed E-state index contributed by atoms with van der Waals surface area (Å²) >= 11 is 1.49. The van der Waals surface area contributed by atoms with E-state index in [1.54, 1.807) is 6.20 Å². The highest BCUT2D eigenvalue weighted by Crippen LogP contribution is 2.13. The van der Waals surface area contributed by atoms with Crippen LogP contribution >= 0.6 is 11.3 Å². The van der Waals surface area contributed by atoms with Crippen LogP contribution in [0.25, 0.3) is 6.08 Å². The van der Waals surface area contributed by atoms with Gasteiger partial charge in [0.1, 0.15) is 5.01 Å². The van der Waals surface area contributed by atoms with E-state index in [0.29, 0.717) is 6.54 Å². The van der Waals surface area contributed by atoms with Crippen LogP contribution in [-0.2, 0) is 6.61 Å². The Morgan fingerprint density at radius 3 is 3.08 bits per heavy atom. The van der Waals surface area contributed by atoms with Gasteiger partial charge in [0.2, 0.25) is 0 Å². The van der Waals surface area contributed by atoms with Crippen molar-refractivity contribution in [2.45, 2.75) is 13.0 Å². The second-order valence-corrected chi connectivity index (χ2v) is 3.45. The number of rotatable bonds is 4. The quantitative estimate of drug-likeness (QED) is 0.733. The van der Waals surface area contributed by atoms with Gasteiger partial charge in [-0.2, -0.15) is 0 Å². The lowest BCUT2D eigenvalue weighted by Crippen LogP contribution is -1.94. The molecule has 3 N–H and O–H groups in total. The van der Waals surface area contributed by atoms with Crippen molar-refractivity contribution in [2.24, 2.45) is 5.73 Å². The van der Waals surface area contributed by atoms with E-state index in [-0.39, 0.29) is 6.61 Å². The van der Waals surface area contributed by atoms with E-state index in [1.807, 2.05) is 12.2 Å². The van der Waals surface area contributed by atoms with Gasteiger partial charge in [-0.1, -0.05) is 6.08 Å². The van der Waals surface area contributed by atoms with Crippen LogP contribution < -0.4 is 5.73 Å². The van der Waals surface area contributed by atoms with Crippen LogP contribution in [-0.4, -0.2) is 16.6 Å². The van der Waals surface area contributed by atoms with E-state index >= 15 is 0 Å². The largest absolute Gasteiger partial charge is 0.391 e. The molecule has 0 saturated heterocycles. The Bertz CT molecular complexity index is 257. The molecular weight excluding hydrogens is 172 g/mol. The molecule has 0 aromatic carbocycles. The highest BCUT2D eigenvalue weighted by atomic mass is 32.1. The molecular formula is C8H12N2OS. The molecule has 1 aromatic heterocycles. The van der Waals surface area contributed by atoms with E-state index in [0.717, 1.165) is 16.3 Å². The Balaban J connectivity index is 2.51. The smallest absolute Gasteiger partial charge is 0.116 e. The van der Waals surface area contributed by atoms with Gasteiger partial charge in [0.05, 0.1) is 11.5 Å². The summed E-state index contributed by atoms with van der Waals surface area (Å²) in [4.78, 5) is 4.98. The first kappa shape index (κ1) is 9.38. The summed E-state index contributed by atoms with van der Waals surface area (Å²) in [7, 11) is 0. The average Bonchev–Trinajstić information content (AvgIpc) is 2.53. The Hall–Kier alpha value is -0.710. The van der Waals surface area contributed by atoms with E-state index in [1.165, 1.54) is 11.3 Å². The summed E-state index contributed by atoms with van der Waals surface area (Å²) in [5.41, 5.74) is 5.32. The summed E-state index contributed by atoms with van der Waals surface area (Å²) < 4.78 is 0. The molecule has 0 amide bonds. The van der Waals surface area contributed by atoms with Crippen LogP contribution in [0.15, 0.2) is 12.3 Å². The molecule has 0 aliphatic rings. The standard InChI is InChI=1S/C8H12N2OS/c9-4-2-1-3-8-10-5-7(6-11)12-8/h1,3,5,11H,2,4,6,9H2. The third kappa shape index (κ3) is 2.73. The van der Waals surface area contributed by atoms with Crippen LogP contribution in [0.1, 0.15) is 16.3 Å². The van der Waals surface area contributed by atoms with Gasteiger partial charge in [-0.3, -0.25) is 0 Å². The minimum atomic E-state index is 0.0718. The number of nitrogens with two attached hydrogens (primary N) is 1. The summed E-state index contributed by atoms with van der Waals surface area (Å²) in [5, 5.41) is 9.67. The normalized spacial score (nSPS) is 11.2. The predicted molar refractivity (Wildman–Crippen MR) is 50.7 cm³/mol. The molecule has 0 bridgehead atoms. The molecule has 0 saturated carbocycles. The number of hydrogen-bond donors (Lipinski definition) is 2. The molecule has 0 aliphatic carbocycles. The number of aliphatic hydroxyl groups excluding tert-OH is 1. The van der Waals surface area contributed by atoms with Crippen LogP contribution in [0.2, 0.25) is 0 Å². The fourth-order valence-corrected chi connectivity index (χ4v) is 1.46. The lowest BCUT2D eigenvalue weighted by Gasteiger charge is -1.83. The van der Waals surface area contributed by atoms with Crippen LogP contribution in [0.3, 0.4) is 0 Å². The van der Waals surface area contributed by atoms with Gasteiger partial charge >= 0.3 is 0 Å². The van der Waals surface area contributed by atoms with Crippen molar-refractivity contribution in [3.63, 3.8) is 0 Å². The second kappa shape index (κ2) is 5.03. The average molecular weight is 184 g/mol. The molecule has 0 spiro atoms. The minimum absolute atomic E-state index is 0.0718. The maximum Gasteiger partial charge on any atom is 0.116 e. The minimum Gasteiger partial charge on any atom is -0.391 e. The monoisotopic (exact) mass is 184 g/mol. The molecule has 4 heteroatoms. The van der Waals surface area contributed by atoms with Gasteiger partial charge in [0, 0.05) is 6.20 Å². The van der Waals surface area contributed by atoms with Gasteiger partial charge in [-0.15, -0.1) is 11.3 Å². The summed E-state index contributed by atoms with van der Waals surface area (Å²) in [6, 6.07) is 0. The topological polar surface area (TPSA) is 59.1 Å². The Morgan fingerprint density at radius 1 is 1.67 bits per heavy atom. The Kier molecular flexibility index (Phi) is 3.93. The lowest BCUT2D eigenvalue weighted by atomic mass is 10.4. The van der Waals surface area contributed by atoms with E-state index in [2.05, 4.69) is 4.98 Å². The van der Waals surface area contributed by atoms with Crippen molar-refractivity contribution in [3.8, 4) is 0 Å². The molecule has 1 aromatic rings. The van der Waals surface area contributed by atoms with E-state index < -0.39 is 0 Å². The van der Waals surface area contributed by atoms with Crippen molar-refractivity contribution >= 4 is 17.4 Å². The molecule has 66 valence electrons. The number of hydrogen-bond acceptors (Lipinski definition) is 4. The zero-order valence-electron chi connectivity index (χ0n) is 6.73. The first-order chi connectivity index (χ1) is 5.86. The van der Waals surface area contributed by atoms with Gasteiger partial charge < -0.3 is 10.8 Å². The first-order valence-corrected chi connectivity index (χ1v) is 4.60. The van der Waals surface area contributed by atoms with Crippen LogP contribution in [0.5, 0.6) is 0 Å². The fraction of sp³-hybridized carbons (Fsp3) is 0.375. The predicted octanol–water partition coefficient (Wildman–Crippen LogP) is 0.997. The number of thiazole rings is 1. The molecule has 0 atom stereocenters. The van der Waals surface area contributed by atoms with Gasteiger partial charge in [0.15, 0.2) is 0 Å². The molecule has 1 heterocycles. The third-order valence-corrected chi connectivity index (χ3v) is 2.27. The van der Waals surface area contributed by atoms with Gasteiger partial charge in [0.25, 0.3) is 0 Å². The van der Waals surface area contributed by atoms with Crippen LogP contribution in [0, 0.1) is 0 Å². The number of nitrogens with zero attached hydrogens (tertiary/aromatic N) is 1. The van der Waals surface area contributed by atoms with Gasteiger partial charge in [-0.25, -0.2) is 4.98 Å². The Morgan fingerprint density at radius 2 is 2.50 bits per heavy atom. The van der Waals surface area contributed by atoms with Crippen molar-refractivity contribution in [1.29, 1.82) is 0 Å².